The molecule has 2 aliphatic rings. The van der Waals surface area contributed by atoms with E-state index in [9.17, 15) is 4.79 Å². The minimum absolute atomic E-state index is 0.0627. The Hall–Kier alpha value is -2.41. The maximum absolute atomic E-state index is 12.9. The van der Waals surface area contributed by atoms with E-state index in [0.29, 0.717) is 6.42 Å². The molecule has 0 bridgehead atoms. The molecule has 1 saturated heterocycles. The lowest BCUT2D eigenvalue weighted by atomic mass is 10.1. The number of nitrogens with zero attached hydrogens (tertiary/aromatic N) is 4. The van der Waals surface area contributed by atoms with Crippen LogP contribution in [-0.2, 0) is 24.2 Å². The highest BCUT2D eigenvalue weighted by atomic mass is 16.5. The summed E-state index contributed by atoms with van der Waals surface area (Å²) in [4.78, 5) is 14.9. The van der Waals surface area contributed by atoms with Crippen LogP contribution in [0.5, 0.6) is 5.75 Å². The van der Waals surface area contributed by atoms with Gasteiger partial charge < -0.3 is 19.5 Å². The van der Waals surface area contributed by atoms with E-state index in [2.05, 4.69) is 20.1 Å². The van der Waals surface area contributed by atoms with Gasteiger partial charge in [0, 0.05) is 39.0 Å². The van der Waals surface area contributed by atoms with Gasteiger partial charge in [-0.3, -0.25) is 4.79 Å². The highest BCUT2D eigenvalue weighted by Gasteiger charge is 2.34. The molecule has 0 radical (unpaired) electrons. The van der Waals surface area contributed by atoms with E-state index < -0.39 is 0 Å². The van der Waals surface area contributed by atoms with Crippen molar-refractivity contribution in [3.05, 3.63) is 41.5 Å². The summed E-state index contributed by atoms with van der Waals surface area (Å²) in [6, 6.07) is 8.00. The predicted octanol–water partition coefficient (Wildman–Crippen LogP) is 1.73. The fourth-order valence-corrected chi connectivity index (χ4v) is 4.06. The molecule has 0 spiro atoms. The molecule has 2 aromatic rings. The Labute approximate surface area is 159 Å². The first-order valence-corrected chi connectivity index (χ1v) is 9.81. The number of amides is 1. The molecule has 3 heterocycles. The highest BCUT2D eigenvalue weighted by molar-refractivity contribution is 5.77. The molecule has 0 aliphatic carbocycles. The molecule has 7 nitrogen and oxygen atoms in total. The Morgan fingerprint density at radius 1 is 1.22 bits per heavy atom. The van der Waals surface area contributed by atoms with Crippen LogP contribution in [-0.4, -0.2) is 52.3 Å². The molecule has 1 fully saturated rings. The number of nitrogens with one attached hydrogen (secondary N) is 1. The van der Waals surface area contributed by atoms with E-state index >= 15 is 0 Å². The minimum Gasteiger partial charge on any atom is -0.497 e. The van der Waals surface area contributed by atoms with Crippen molar-refractivity contribution in [2.45, 2.75) is 44.7 Å². The zero-order valence-corrected chi connectivity index (χ0v) is 15.9. The summed E-state index contributed by atoms with van der Waals surface area (Å²) in [5.74, 6) is 3.04. The maximum atomic E-state index is 12.9. The predicted molar refractivity (Wildman–Crippen MR) is 102 cm³/mol. The van der Waals surface area contributed by atoms with Gasteiger partial charge in [-0.05, 0) is 37.0 Å². The van der Waals surface area contributed by atoms with Gasteiger partial charge in [-0.25, -0.2) is 0 Å². The number of aromatic nitrogens is 3. The van der Waals surface area contributed by atoms with Crippen LogP contribution in [0.2, 0.25) is 0 Å². The number of carbonyl (C=O) groups excluding carboxylic acids is 1. The third kappa shape index (κ3) is 3.83. The molecule has 1 amide bonds. The first-order chi connectivity index (χ1) is 13.3. The molecule has 27 heavy (non-hydrogen) atoms. The van der Waals surface area contributed by atoms with E-state index in [0.717, 1.165) is 74.8 Å². The first-order valence-electron chi connectivity index (χ1n) is 9.81. The van der Waals surface area contributed by atoms with Crippen molar-refractivity contribution in [3.63, 3.8) is 0 Å². The zero-order valence-electron chi connectivity index (χ0n) is 15.9. The molecule has 0 saturated carbocycles. The van der Waals surface area contributed by atoms with E-state index in [4.69, 9.17) is 4.74 Å². The molecule has 1 N–H and O–H groups in total. The number of benzene rings is 1. The van der Waals surface area contributed by atoms with Gasteiger partial charge >= 0.3 is 0 Å². The topological polar surface area (TPSA) is 72.3 Å². The second kappa shape index (κ2) is 8.08. The van der Waals surface area contributed by atoms with Crippen LogP contribution in [0.25, 0.3) is 0 Å². The normalized spacial score (nSPS) is 19.6. The second-order valence-corrected chi connectivity index (χ2v) is 7.22. The molecule has 7 heteroatoms. The van der Waals surface area contributed by atoms with Crippen molar-refractivity contribution in [1.82, 2.24) is 25.0 Å². The third-order valence-corrected chi connectivity index (χ3v) is 5.55. The van der Waals surface area contributed by atoms with Gasteiger partial charge in [0.2, 0.25) is 5.91 Å². The van der Waals surface area contributed by atoms with Crippen LogP contribution in [0.15, 0.2) is 24.3 Å². The van der Waals surface area contributed by atoms with E-state index in [1.54, 1.807) is 7.11 Å². The number of rotatable bonds is 5. The molecule has 1 unspecified atom stereocenters. The number of aryl methyl sites for hydroxylation is 1. The lowest BCUT2D eigenvalue weighted by Crippen LogP contribution is -2.32. The van der Waals surface area contributed by atoms with Crippen LogP contribution < -0.4 is 10.1 Å². The van der Waals surface area contributed by atoms with Crippen LogP contribution in [0.3, 0.4) is 0 Å². The summed E-state index contributed by atoms with van der Waals surface area (Å²) in [5, 5.41) is 12.3. The van der Waals surface area contributed by atoms with Gasteiger partial charge in [-0.2, -0.15) is 0 Å². The number of fused-ring (bicyclic) bond motifs is 1. The van der Waals surface area contributed by atoms with E-state index in [1.165, 1.54) is 0 Å². The van der Waals surface area contributed by atoms with Crippen LogP contribution >= 0.6 is 0 Å². The first kappa shape index (κ1) is 18.0. The standard InChI is InChI=1S/C20H27N5O2/c1-27-16-7-4-15(5-8-16)6-9-19(26)24-13-2-3-17(24)20-23-22-18-10-11-21-12-14-25(18)20/h4-5,7-8,17,21H,2-3,6,9-14H2,1H3. The highest BCUT2D eigenvalue weighted by Crippen LogP contribution is 2.32. The molecular formula is C20H27N5O2. The fraction of sp³-hybridized carbons (Fsp3) is 0.550. The quantitative estimate of drug-likeness (QED) is 0.869. The van der Waals surface area contributed by atoms with Crippen molar-refractivity contribution >= 4 is 5.91 Å². The maximum Gasteiger partial charge on any atom is 0.223 e. The average Bonchev–Trinajstić information content (AvgIpc) is 3.27. The smallest absolute Gasteiger partial charge is 0.223 e. The number of likely N-dealkylation sites (tertiary alicyclic amines) is 1. The fourth-order valence-electron chi connectivity index (χ4n) is 4.06. The lowest BCUT2D eigenvalue weighted by Gasteiger charge is -2.24. The Kier molecular flexibility index (Phi) is 5.38. The monoisotopic (exact) mass is 369 g/mol. The van der Waals surface area contributed by atoms with Crippen molar-refractivity contribution in [3.8, 4) is 5.75 Å². The van der Waals surface area contributed by atoms with Crippen molar-refractivity contribution in [2.75, 3.05) is 26.7 Å². The SMILES string of the molecule is COc1ccc(CCC(=O)N2CCCC2c2nnc3n2CCNCC3)cc1. The average molecular weight is 369 g/mol. The van der Waals surface area contributed by atoms with Crippen LogP contribution in [0.4, 0.5) is 0 Å². The molecule has 2 aliphatic heterocycles. The van der Waals surface area contributed by atoms with Gasteiger partial charge in [0.25, 0.3) is 0 Å². The Morgan fingerprint density at radius 3 is 2.89 bits per heavy atom. The van der Waals surface area contributed by atoms with Gasteiger partial charge in [0.15, 0.2) is 5.82 Å². The molecule has 1 aromatic carbocycles. The molecular weight excluding hydrogens is 342 g/mol. The van der Waals surface area contributed by atoms with E-state index in [-0.39, 0.29) is 11.9 Å². The number of carbonyl (C=O) groups is 1. The Balaban J connectivity index is 1.43. The van der Waals surface area contributed by atoms with Crippen LogP contribution in [0.1, 0.15) is 42.5 Å². The van der Waals surface area contributed by atoms with Gasteiger partial charge in [0.1, 0.15) is 11.6 Å². The lowest BCUT2D eigenvalue weighted by molar-refractivity contribution is -0.132. The number of methoxy groups -OCH3 is 1. The van der Waals surface area contributed by atoms with Crippen LogP contribution in [0, 0.1) is 0 Å². The third-order valence-electron chi connectivity index (χ3n) is 5.55. The van der Waals surface area contributed by atoms with Gasteiger partial charge in [-0.1, -0.05) is 12.1 Å². The zero-order chi connectivity index (χ0) is 18.6. The van der Waals surface area contributed by atoms with E-state index in [1.807, 2.05) is 29.2 Å². The molecule has 1 atom stereocenters. The Bertz CT molecular complexity index is 786. The van der Waals surface area contributed by atoms with Gasteiger partial charge in [0.05, 0.1) is 13.2 Å². The summed E-state index contributed by atoms with van der Waals surface area (Å²) in [5.41, 5.74) is 1.15. The Morgan fingerprint density at radius 2 is 2.07 bits per heavy atom. The largest absolute Gasteiger partial charge is 0.497 e. The summed E-state index contributed by atoms with van der Waals surface area (Å²) >= 11 is 0. The summed E-state index contributed by atoms with van der Waals surface area (Å²) in [6.07, 6.45) is 4.16. The summed E-state index contributed by atoms with van der Waals surface area (Å²) < 4.78 is 7.41. The summed E-state index contributed by atoms with van der Waals surface area (Å²) in [6.45, 7) is 3.55. The molecule has 144 valence electrons. The number of hydrogen-bond donors (Lipinski definition) is 1. The molecule has 1 aromatic heterocycles. The number of ether oxygens (including phenoxy) is 1. The van der Waals surface area contributed by atoms with Gasteiger partial charge in [-0.15, -0.1) is 10.2 Å². The number of hydrogen-bond acceptors (Lipinski definition) is 5. The summed E-state index contributed by atoms with van der Waals surface area (Å²) in [7, 11) is 1.66. The second-order valence-electron chi connectivity index (χ2n) is 7.22. The molecule has 4 rings (SSSR count). The van der Waals surface area contributed by atoms with Crippen molar-refractivity contribution in [2.24, 2.45) is 0 Å². The van der Waals surface area contributed by atoms with Crippen molar-refractivity contribution in [1.29, 1.82) is 0 Å². The minimum atomic E-state index is 0.0627. The van der Waals surface area contributed by atoms with Crippen molar-refractivity contribution < 1.29 is 9.53 Å².